The van der Waals surface area contributed by atoms with E-state index >= 15 is 0 Å². The minimum atomic E-state index is -0.241. The summed E-state index contributed by atoms with van der Waals surface area (Å²) < 4.78 is 5.22. The highest BCUT2D eigenvalue weighted by molar-refractivity contribution is 6.03. The lowest BCUT2D eigenvalue weighted by atomic mass is 10.0. The Bertz CT molecular complexity index is 810. The van der Waals surface area contributed by atoms with Crippen LogP contribution in [0.4, 0.5) is 11.6 Å². The molecular weight excluding hydrogens is 316 g/mol. The van der Waals surface area contributed by atoms with Crippen molar-refractivity contribution in [2.24, 2.45) is 0 Å². The molecule has 2 aromatic heterocycles. The molecule has 0 radical (unpaired) electrons. The van der Waals surface area contributed by atoms with Crippen LogP contribution in [0.15, 0.2) is 59.5 Å². The van der Waals surface area contributed by atoms with Crippen LogP contribution in [0.3, 0.4) is 0 Å². The molecule has 0 saturated carbocycles. The van der Waals surface area contributed by atoms with Gasteiger partial charge in [-0.2, -0.15) is 0 Å². The first-order valence-corrected chi connectivity index (χ1v) is 8.11. The van der Waals surface area contributed by atoms with E-state index in [1.165, 1.54) is 18.0 Å². The van der Waals surface area contributed by atoms with E-state index in [-0.39, 0.29) is 5.91 Å². The number of anilines is 2. The molecule has 2 heterocycles. The monoisotopic (exact) mass is 336 g/mol. The molecule has 0 bridgehead atoms. The third-order valence-corrected chi connectivity index (χ3v) is 3.75. The lowest BCUT2D eigenvalue weighted by molar-refractivity contribution is 0.102. The number of rotatable bonds is 6. The summed E-state index contributed by atoms with van der Waals surface area (Å²) in [5.41, 5.74) is 2.37. The average Bonchev–Trinajstić information content (AvgIpc) is 3.14. The molecule has 6 heteroatoms. The Hall–Kier alpha value is -3.15. The van der Waals surface area contributed by atoms with Gasteiger partial charge in [0.15, 0.2) is 0 Å². The maximum absolute atomic E-state index is 12.3. The van der Waals surface area contributed by atoms with E-state index in [0.29, 0.717) is 24.0 Å². The number of amides is 1. The van der Waals surface area contributed by atoms with Crippen molar-refractivity contribution in [3.8, 4) is 0 Å². The predicted molar refractivity (Wildman–Crippen MR) is 96.6 cm³/mol. The zero-order valence-electron chi connectivity index (χ0n) is 14.2. The van der Waals surface area contributed by atoms with E-state index in [2.05, 4.69) is 34.4 Å². The molecule has 0 unspecified atom stereocenters. The second-order valence-electron chi connectivity index (χ2n) is 5.96. The fourth-order valence-corrected chi connectivity index (χ4v) is 2.27. The topological polar surface area (TPSA) is 80.0 Å². The number of carbonyl (C=O) groups is 1. The number of furan rings is 1. The van der Waals surface area contributed by atoms with Crippen LogP contribution in [0, 0.1) is 0 Å². The van der Waals surface area contributed by atoms with Gasteiger partial charge in [-0.25, -0.2) is 9.97 Å². The van der Waals surface area contributed by atoms with Gasteiger partial charge < -0.3 is 15.1 Å². The highest BCUT2D eigenvalue weighted by Gasteiger charge is 2.08. The number of nitrogens with zero attached hydrogens (tertiary/aromatic N) is 2. The second kappa shape index (κ2) is 7.61. The fraction of sp³-hybridized carbons (Fsp3) is 0.211. The average molecular weight is 336 g/mol. The number of hydrogen-bond donors (Lipinski definition) is 2. The Morgan fingerprint density at radius 2 is 1.84 bits per heavy atom. The summed E-state index contributed by atoms with van der Waals surface area (Å²) in [6, 6.07) is 11.5. The summed E-state index contributed by atoms with van der Waals surface area (Å²) in [7, 11) is 0. The summed E-state index contributed by atoms with van der Waals surface area (Å²) in [5.74, 6) is 1.44. The Balaban J connectivity index is 1.58. The van der Waals surface area contributed by atoms with Crippen molar-refractivity contribution in [1.29, 1.82) is 0 Å². The number of benzene rings is 1. The van der Waals surface area contributed by atoms with Crippen molar-refractivity contribution in [2.45, 2.75) is 26.3 Å². The van der Waals surface area contributed by atoms with Gasteiger partial charge in [-0.1, -0.05) is 26.0 Å². The molecule has 0 aliphatic heterocycles. The molecule has 6 nitrogen and oxygen atoms in total. The summed E-state index contributed by atoms with van der Waals surface area (Å²) in [4.78, 5) is 20.6. The molecule has 0 saturated heterocycles. The van der Waals surface area contributed by atoms with E-state index < -0.39 is 0 Å². The van der Waals surface area contributed by atoms with Gasteiger partial charge in [0.25, 0.3) is 5.91 Å². The molecule has 0 spiro atoms. The first-order valence-electron chi connectivity index (χ1n) is 8.11. The van der Waals surface area contributed by atoms with Gasteiger partial charge in [-0.15, -0.1) is 0 Å². The first kappa shape index (κ1) is 16.7. The van der Waals surface area contributed by atoms with E-state index in [9.17, 15) is 4.79 Å². The quantitative estimate of drug-likeness (QED) is 0.709. The van der Waals surface area contributed by atoms with Crippen molar-refractivity contribution in [3.63, 3.8) is 0 Å². The largest absolute Gasteiger partial charge is 0.467 e. The van der Waals surface area contributed by atoms with Crippen molar-refractivity contribution in [3.05, 3.63) is 71.9 Å². The normalized spacial score (nSPS) is 10.7. The molecule has 3 aromatic rings. The minimum absolute atomic E-state index is 0.241. The number of nitrogens with one attached hydrogen (secondary N) is 2. The molecular formula is C19H20N4O2. The Morgan fingerprint density at radius 3 is 2.44 bits per heavy atom. The van der Waals surface area contributed by atoms with Gasteiger partial charge >= 0.3 is 0 Å². The van der Waals surface area contributed by atoms with E-state index in [0.717, 1.165) is 11.4 Å². The Kier molecular flexibility index (Phi) is 5.09. The van der Waals surface area contributed by atoms with Crippen molar-refractivity contribution < 1.29 is 9.21 Å². The van der Waals surface area contributed by atoms with E-state index in [4.69, 9.17) is 4.42 Å². The fourth-order valence-electron chi connectivity index (χ4n) is 2.27. The van der Waals surface area contributed by atoms with Crippen molar-refractivity contribution >= 4 is 17.5 Å². The van der Waals surface area contributed by atoms with Gasteiger partial charge in [-0.3, -0.25) is 4.79 Å². The summed E-state index contributed by atoms with van der Waals surface area (Å²) in [6.45, 7) is 4.75. The summed E-state index contributed by atoms with van der Waals surface area (Å²) >= 11 is 0. The van der Waals surface area contributed by atoms with Crippen molar-refractivity contribution in [2.75, 3.05) is 10.6 Å². The van der Waals surface area contributed by atoms with Crippen LogP contribution in [0.5, 0.6) is 0 Å². The summed E-state index contributed by atoms with van der Waals surface area (Å²) in [5, 5.41) is 5.88. The second-order valence-corrected chi connectivity index (χ2v) is 5.96. The third kappa shape index (κ3) is 4.44. The number of carbonyl (C=O) groups excluding carboxylic acids is 1. The van der Waals surface area contributed by atoms with E-state index in [1.807, 2.05) is 36.4 Å². The van der Waals surface area contributed by atoms with Crippen LogP contribution in [0.1, 0.15) is 41.4 Å². The smallest absolute Gasteiger partial charge is 0.258 e. The highest BCUT2D eigenvalue weighted by atomic mass is 16.3. The Labute approximate surface area is 146 Å². The lowest BCUT2D eigenvalue weighted by Gasteiger charge is -2.08. The maximum atomic E-state index is 12.3. The van der Waals surface area contributed by atoms with Crippen LogP contribution in [-0.2, 0) is 6.54 Å². The molecule has 128 valence electrons. The highest BCUT2D eigenvalue weighted by Crippen LogP contribution is 2.17. The zero-order valence-corrected chi connectivity index (χ0v) is 14.2. The minimum Gasteiger partial charge on any atom is -0.467 e. The van der Waals surface area contributed by atoms with Crippen LogP contribution in [-0.4, -0.2) is 15.9 Å². The first-order chi connectivity index (χ1) is 12.1. The van der Waals surface area contributed by atoms with Gasteiger partial charge in [-0.05, 0) is 35.7 Å². The molecule has 2 N–H and O–H groups in total. The number of hydrogen-bond acceptors (Lipinski definition) is 5. The van der Waals surface area contributed by atoms with Gasteiger partial charge in [0.2, 0.25) is 5.95 Å². The molecule has 3 rings (SSSR count). The zero-order chi connectivity index (χ0) is 17.6. The van der Waals surface area contributed by atoms with Gasteiger partial charge in [0.1, 0.15) is 5.76 Å². The molecule has 0 aliphatic rings. The van der Waals surface area contributed by atoms with Gasteiger partial charge in [0, 0.05) is 18.1 Å². The molecule has 0 aliphatic carbocycles. The van der Waals surface area contributed by atoms with E-state index in [1.54, 1.807) is 6.26 Å². The number of aromatic nitrogens is 2. The molecule has 0 fully saturated rings. The van der Waals surface area contributed by atoms with Crippen LogP contribution >= 0.6 is 0 Å². The SMILES string of the molecule is CC(C)c1ccc(NC(=O)c2cnc(NCc3ccco3)nc2)cc1. The summed E-state index contributed by atoms with van der Waals surface area (Å²) in [6.07, 6.45) is 4.60. The Morgan fingerprint density at radius 1 is 1.12 bits per heavy atom. The predicted octanol–water partition coefficient (Wildman–Crippen LogP) is 4.06. The van der Waals surface area contributed by atoms with Crippen molar-refractivity contribution in [1.82, 2.24) is 9.97 Å². The van der Waals surface area contributed by atoms with Crippen LogP contribution in [0.25, 0.3) is 0 Å². The van der Waals surface area contributed by atoms with Crippen LogP contribution in [0.2, 0.25) is 0 Å². The van der Waals surface area contributed by atoms with Crippen LogP contribution < -0.4 is 10.6 Å². The molecule has 1 amide bonds. The molecule has 1 aromatic carbocycles. The third-order valence-electron chi connectivity index (χ3n) is 3.75. The molecule has 25 heavy (non-hydrogen) atoms. The molecule has 0 atom stereocenters. The lowest BCUT2D eigenvalue weighted by Crippen LogP contribution is -2.13. The van der Waals surface area contributed by atoms with Gasteiger partial charge in [0.05, 0.1) is 18.4 Å². The standard InChI is InChI=1S/C19H20N4O2/c1-13(2)14-5-7-16(8-6-14)23-18(24)15-10-20-19(21-11-15)22-12-17-4-3-9-25-17/h3-11,13H,12H2,1-2H3,(H,23,24)(H,20,21,22). The maximum Gasteiger partial charge on any atom is 0.258 e.